The van der Waals surface area contributed by atoms with Crippen molar-refractivity contribution in [2.24, 2.45) is 5.10 Å². The number of nitrogens with zero attached hydrogens (tertiary/aromatic N) is 2. The number of alkyl halides is 2. The van der Waals surface area contributed by atoms with Gasteiger partial charge in [-0.15, -0.1) is 0 Å². The molecule has 8 heteroatoms. The van der Waals surface area contributed by atoms with Gasteiger partial charge in [0.05, 0.1) is 5.56 Å². The van der Waals surface area contributed by atoms with Crippen LogP contribution in [-0.4, -0.2) is 24.8 Å². The molecule has 0 saturated heterocycles. The highest BCUT2D eigenvalue weighted by Crippen LogP contribution is 2.17. The van der Waals surface area contributed by atoms with Crippen molar-refractivity contribution in [1.82, 2.24) is 5.43 Å². The third-order valence-corrected chi connectivity index (χ3v) is 3.66. The summed E-state index contributed by atoms with van der Waals surface area (Å²) in [5.74, 6) is -0.00455. The van der Waals surface area contributed by atoms with Crippen LogP contribution in [0.4, 0.5) is 8.78 Å². The number of carbonyl (C=O) groups is 1. The van der Waals surface area contributed by atoms with Gasteiger partial charge in [-0.25, -0.2) is 5.43 Å². The predicted molar refractivity (Wildman–Crippen MR) is 99.3 cm³/mol. The number of nitrogens with one attached hydrogen (secondary N) is 1. The lowest BCUT2D eigenvalue weighted by Gasteiger charge is -2.07. The Morgan fingerprint density at radius 1 is 1.21 bits per heavy atom. The Labute approximate surface area is 161 Å². The summed E-state index contributed by atoms with van der Waals surface area (Å²) in [6, 6.07) is 15.0. The number of amides is 1. The first-order chi connectivity index (χ1) is 13.5. The molecule has 0 spiro atoms. The van der Waals surface area contributed by atoms with Crippen LogP contribution in [0.3, 0.4) is 0 Å². The smallest absolute Gasteiger partial charge is 0.387 e. The minimum absolute atomic E-state index is 0.106. The zero-order valence-electron chi connectivity index (χ0n) is 15.2. The SMILES string of the molecule is C/C(CCc1ccc(OC(F)F)cc1)=N/NC(=O)COc1ccccc1C#N. The van der Waals surface area contributed by atoms with Gasteiger partial charge in [0.1, 0.15) is 17.6 Å². The maximum atomic E-state index is 12.1. The second-order valence-corrected chi connectivity index (χ2v) is 5.80. The van der Waals surface area contributed by atoms with Gasteiger partial charge in [-0.05, 0) is 49.6 Å². The molecular weight excluding hydrogens is 368 g/mol. The van der Waals surface area contributed by atoms with Crippen molar-refractivity contribution in [1.29, 1.82) is 5.26 Å². The molecule has 0 fully saturated rings. The van der Waals surface area contributed by atoms with Crippen molar-refractivity contribution < 1.29 is 23.0 Å². The molecule has 146 valence electrons. The number of hydrazone groups is 1. The highest BCUT2D eigenvalue weighted by Gasteiger charge is 2.06. The minimum Gasteiger partial charge on any atom is -0.482 e. The molecule has 0 aliphatic carbocycles. The van der Waals surface area contributed by atoms with Crippen molar-refractivity contribution >= 4 is 11.6 Å². The summed E-state index contributed by atoms with van der Waals surface area (Å²) in [6.07, 6.45) is 1.21. The fraction of sp³-hybridized carbons (Fsp3) is 0.250. The van der Waals surface area contributed by atoms with E-state index < -0.39 is 12.5 Å². The summed E-state index contributed by atoms with van der Waals surface area (Å²) >= 11 is 0. The molecule has 2 aromatic rings. The van der Waals surface area contributed by atoms with E-state index in [1.807, 2.05) is 6.07 Å². The van der Waals surface area contributed by atoms with Crippen LogP contribution in [0.25, 0.3) is 0 Å². The first kappa shape index (κ1) is 20.8. The molecule has 2 rings (SSSR count). The van der Waals surface area contributed by atoms with E-state index in [1.54, 1.807) is 43.3 Å². The molecule has 2 aromatic carbocycles. The summed E-state index contributed by atoms with van der Waals surface area (Å²) in [5.41, 5.74) is 4.36. The Hall–Kier alpha value is -3.47. The summed E-state index contributed by atoms with van der Waals surface area (Å²) in [5, 5.41) is 13.0. The van der Waals surface area contributed by atoms with Crippen molar-refractivity contribution in [3.05, 3.63) is 59.7 Å². The molecule has 28 heavy (non-hydrogen) atoms. The lowest BCUT2D eigenvalue weighted by Crippen LogP contribution is -2.25. The molecule has 0 radical (unpaired) electrons. The van der Waals surface area contributed by atoms with Crippen LogP contribution in [0.5, 0.6) is 11.5 Å². The number of nitriles is 1. The van der Waals surface area contributed by atoms with Crippen LogP contribution in [0, 0.1) is 11.3 Å². The second kappa shape index (κ2) is 10.6. The van der Waals surface area contributed by atoms with Crippen LogP contribution in [0.1, 0.15) is 24.5 Å². The predicted octanol–water partition coefficient (Wildman–Crippen LogP) is 3.66. The van der Waals surface area contributed by atoms with E-state index in [1.165, 1.54) is 12.1 Å². The molecule has 0 unspecified atom stereocenters. The molecule has 0 bridgehead atoms. The van der Waals surface area contributed by atoms with E-state index in [-0.39, 0.29) is 12.4 Å². The quantitative estimate of drug-likeness (QED) is 0.526. The lowest BCUT2D eigenvalue weighted by molar-refractivity contribution is -0.123. The van der Waals surface area contributed by atoms with E-state index in [0.717, 1.165) is 5.56 Å². The van der Waals surface area contributed by atoms with Crippen molar-refractivity contribution in [2.75, 3.05) is 6.61 Å². The van der Waals surface area contributed by atoms with Gasteiger partial charge in [-0.2, -0.15) is 19.1 Å². The Morgan fingerprint density at radius 3 is 2.61 bits per heavy atom. The number of rotatable bonds is 9. The monoisotopic (exact) mass is 387 g/mol. The summed E-state index contributed by atoms with van der Waals surface area (Å²) in [6.45, 7) is -1.34. The Kier molecular flexibility index (Phi) is 7.91. The van der Waals surface area contributed by atoms with Gasteiger partial charge < -0.3 is 9.47 Å². The summed E-state index contributed by atoms with van der Waals surface area (Å²) < 4.78 is 33.9. The number of para-hydroxylation sites is 1. The minimum atomic E-state index is -2.85. The van der Waals surface area contributed by atoms with E-state index in [9.17, 15) is 13.6 Å². The van der Waals surface area contributed by atoms with Crippen LogP contribution >= 0.6 is 0 Å². The average Bonchev–Trinajstić information content (AvgIpc) is 2.70. The summed E-state index contributed by atoms with van der Waals surface area (Å²) in [7, 11) is 0. The fourth-order valence-electron chi connectivity index (χ4n) is 2.24. The first-order valence-corrected chi connectivity index (χ1v) is 8.45. The van der Waals surface area contributed by atoms with Gasteiger partial charge in [0.15, 0.2) is 6.61 Å². The Morgan fingerprint density at radius 2 is 1.93 bits per heavy atom. The molecule has 0 atom stereocenters. The molecule has 0 aromatic heterocycles. The first-order valence-electron chi connectivity index (χ1n) is 8.45. The number of hydrogen-bond donors (Lipinski definition) is 1. The van der Waals surface area contributed by atoms with Gasteiger partial charge >= 0.3 is 6.61 Å². The normalized spacial score (nSPS) is 11.0. The number of benzene rings is 2. The number of hydrogen-bond acceptors (Lipinski definition) is 5. The third kappa shape index (κ3) is 7.03. The molecule has 1 N–H and O–H groups in total. The Balaban J connectivity index is 1.76. The van der Waals surface area contributed by atoms with Gasteiger partial charge in [0.25, 0.3) is 5.91 Å². The molecule has 0 saturated carbocycles. The molecule has 6 nitrogen and oxygen atoms in total. The number of carbonyl (C=O) groups excluding carboxylic acids is 1. The van der Waals surface area contributed by atoms with Crippen molar-refractivity contribution in [2.45, 2.75) is 26.4 Å². The Bertz CT molecular complexity index is 862. The summed E-state index contributed by atoms with van der Waals surface area (Å²) in [4.78, 5) is 11.8. The van der Waals surface area contributed by atoms with E-state index in [0.29, 0.717) is 29.9 Å². The standard InChI is InChI=1S/C20H19F2N3O3/c1-14(6-7-15-8-10-17(11-9-15)28-20(21)22)24-25-19(26)13-27-18-5-3-2-4-16(18)12-23/h2-5,8-11,20H,6-7,13H2,1H3,(H,25,26)/b24-14-. The van der Waals surface area contributed by atoms with Gasteiger partial charge in [-0.1, -0.05) is 24.3 Å². The van der Waals surface area contributed by atoms with Crippen LogP contribution in [0.2, 0.25) is 0 Å². The number of aryl methyl sites for hydroxylation is 1. The number of ether oxygens (including phenoxy) is 2. The molecule has 0 aliphatic rings. The van der Waals surface area contributed by atoms with Gasteiger partial charge in [0.2, 0.25) is 0 Å². The highest BCUT2D eigenvalue weighted by atomic mass is 19.3. The fourth-order valence-corrected chi connectivity index (χ4v) is 2.24. The molecule has 0 aliphatic heterocycles. The maximum Gasteiger partial charge on any atom is 0.387 e. The van der Waals surface area contributed by atoms with E-state index in [4.69, 9.17) is 10.00 Å². The molecule has 0 heterocycles. The van der Waals surface area contributed by atoms with E-state index >= 15 is 0 Å². The van der Waals surface area contributed by atoms with Crippen molar-refractivity contribution in [3.63, 3.8) is 0 Å². The van der Waals surface area contributed by atoms with E-state index in [2.05, 4.69) is 15.3 Å². The molecular formula is C20H19F2N3O3. The topological polar surface area (TPSA) is 83.7 Å². The van der Waals surface area contributed by atoms with Gasteiger partial charge in [-0.3, -0.25) is 4.79 Å². The highest BCUT2D eigenvalue weighted by molar-refractivity contribution is 5.85. The largest absolute Gasteiger partial charge is 0.482 e. The number of halogens is 2. The lowest BCUT2D eigenvalue weighted by atomic mass is 10.1. The average molecular weight is 387 g/mol. The van der Waals surface area contributed by atoms with Gasteiger partial charge in [0, 0.05) is 5.71 Å². The van der Waals surface area contributed by atoms with Crippen molar-refractivity contribution in [3.8, 4) is 17.6 Å². The zero-order valence-corrected chi connectivity index (χ0v) is 15.2. The molecule has 1 amide bonds. The second-order valence-electron chi connectivity index (χ2n) is 5.80. The van der Waals surface area contributed by atoms with Crippen LogP contribution in [-0.2, 0) is 11.2 Å². The third-order valence-electron chi connectivity index (χ3n) is 3.66. The maximum absolute atomic E-state index is 12.1. The van der Waals surface area contributed by atoms with Crippen LogP contribution in [0.15, 0.2) is 53.6 Å². The van der Waals surface area contributed by atoms with Crippen LogP contribution < -0.4 is 14.9 Å². The zero-order chi connectivity index (χ0) is 20.4.